The molecule has 0 saturated carbocycles. The Morgan fingerprint density at radius 3 is 2.30 bits per heavy atom. The van der Waals surface area contributed by atoms with E-state index in [0.717, 1.165) is 0 Å². The highest BCUT2D eigenvalue weighted by molar-refractivity contribution is 6.35. The van der Waals surface area contributed by atoms with E-state index >= 15 is 0 Å². The molecule has 2 N–H and O–H groups in total. The lowest BCUT2D eigenvalue weighted by molar-refractivity contribution is 0.0846. The number of hydrazine groups is 1. The van der Waals surface area contributed by atoms with Crippen molar-refractivity contribution in [1.29, 1.82) is 0 Å². The summed E-state index contributed by atoms with van der Waals surface area (Å²) in [5.74, 6) is -1.02. The summed E-state index contributed by atoms with van der Waals surface area (Å²) in [4.78, 5) is 24.6. The number of carbonyl (C=O) groups excluding carboxylic acids is 2. The fourth-order valence-corrected chi connectivity index (χ4v) is 3.04. The van der Waals surface area contributed by atoms with E-state index < -0.39 is 11.8 Å². The van der Waals surface area contributed by atoms with Gasteiger partial charge in [0.25, 0.3) is 11.8 Å². The van der Waals surface area contributed by atoms with Gasteiger partial charge >= 0.3 is 0 Å². The Balaban J connectivity index is 1.39. The normalized spacial score (nSPS) is 10.6. The second-order valence-corrected chi connectivity index (χ2v) is 6.82. The number of tetrazole rings is 1. The van der Waals surface area contributed by atoms with Crippen LogP contribution in [0.1, 0.15) is 20.7 Å². The maximum atomic E-state index is 12.3. The van der Waals surface area contributed by atoms with Crippen molar-refractivity contribution in [3.05, 3.63) is 82.4 Å². The van der Waals surface area contributed by atoms with Gasteiger partial charge in [-0.3, -0.25) is 20.4 Å². The molecule has 0 aliphatic heterocycles. The van der Waals surface area contributed by atoms with Crippen LogP contribution in [-0.2, 0) is 0 Å². The minimum Gasteiger partial charge on any atom is -0.267 e. The molecule has 2 aromatic carbocycles. The first kappa shape index (κ1) is 19.6. The molecule has 150 valence electrons. The molecule has 2 amide bonds. The molecule has 0 aliphatic rings. The van der Waals surface area contributed by atoms with E-state index in [-0.39, 0.29) is 5.56 Å². The number of halogens is 2. The first-order chi connectivity index (χ1) is 14.5. The first-order valence-corrected chi connectivity index (χ1v) is 9.21. The molecule has 12 heteroatoms. The molecule has 4 rings (SSSR count). The molecule has 2 aromatic heterocycles. The van der Waals surface area contributed by atoms with Crippen molar-refractivity contribution in [3.63, 3.8) is 0 Å². The van der Waals surface area contributed by atoms with Gasteiger partial charge in [-0.05, 0) is 52.9 Å². The van der Waals surface area contributed by atoms with Crippen molar-refractivity contribution in [3.8, 4) is 11.4 Å². The van der Waals surface area contributed by atoms with E-state index in [9.17, 15) is 9.59 Å². The Hall–Kier alpha value is -3.76. The number of nitrogens with zero attached hydrogens (tertiary/aromatic N) is 6. The highest BCUT2D eigenvalue weighted by Crippen LogP contribution is 2.24. The standard InChI is InChI=1S/C18H12Cl2N8O2/c19-13-3-6-16(15(20)7-13)27-9-12(8-22-27)18(30)24-23-17(29)11-1-4-14(5-2-11)28-10-21-25-26-28/h1-10H,(H,23,29)(H,24,30). The molecule has 0 bridgehead atoms. The van der Waals surface area contributed by atoms with Gasteiger partial charge in [-0.1, -0.05) is 23.2 Å². The SMILES string of the molecule is O=C(NNC(=O)c1cnn(-c2ccc(Cl)cc2Cl)c1)c1ccc(-n2cnnn2)cc1. The minimum absolute atomic E-state index is 0.232. The fraction of sp³-hybridized carbons (Fsp3) is 0. The number of carbonyl (C=O) groups is 2. The van der Waals surface area contributed by atoms with Crippen LogP contribution in [0.2, 0.25) is 10.0 Å². The highest BCUT2D eigenvalue weighted by Gasteiger charge is 2.13. The Labute approximate surface area is 179 Å². The predicted molar refractivity (Wildman–Crippen MR) is 108 cm³/mol. The van der Waals surface area contributed by atoms with E-state index in [4.69, 9.17) is 23.2 Å². The fourth-order valence-electron chi connectivity index (χ4n) is 2.54. The topological polar surface area (TPSA) is 120 Å². The van der Waals surface area contributed by atoms with Crippen LogP contribution in [0.15, 0.2) is 61.2 Å². The largest absolute Gasteiger partial charge is 0.272 e. The molecular formula is C18H12Cl2N8O2. The molecule has 10 nitrogen and oxygen atoms in total. The summed E-state index contributed by atoms with van der Waals surface area (Å²) >= 11 is 12.0. The second-order valence-electron chi connectivity index (χ2n) is 5.98. The zero-order valence-corrected chi connectivity index (χ0v) is 16.5. The smallest absolute Gasteiger partial charge is 0.267 e. The number of hydrogen-bond donors (Lipinski definition) is 2. The number of amides is 2. The molecule has 0 fully saturated rings. The molecule has 2 heterocycles. The Kier molecular flexibility index (Phi) is 5.42. The quantitative estimate of drug-likeness (QED) is 0.467. The van der Waals surface area contributed by atoms with E-state index in [0.29, 0.717) is 27.0 Å². The van der Waals surface area contributed by atoms with Crippen LogP contribution in [0.3, 0.4) is 0 Å². The van der Waals surface area contributed by atoms with Gasteiger partial charge < -0.3 is 0 Å². The molecular weight excluding hydrogens is 431 g/mol. The number of rotatable bonds is 4. The van der Waals surface area contributed by atoms with Crippen LogP contribution in [0.4, 0.5) is 0 Å². The third-order valence-corrected chi connectivity index (χ3v) is 4.57. The summed E-state index contributed by atoms with van der Waals surface area (Å²) in [5, 5.41) is 15.8. The molecule has 4 aromatic rings. The minimum atomic E-state index is -0.537. The number of benzene rings is 2. The second kappa shape index (κ2) is 8.31. The summed E-state index contributed by atoms with van der Waals surface area (Å²) in [6.07, 6.45) is 4.28. The summed E-state index contributed by atoms with van der Waals surface area (Å²) in [7, 11) is 0. The van der Waals surface area contributed by atoms with Gasteiger partial charge in [-0.15, -0.1) is 5.10 Å². The van der Waals surface area contributed by atoms with Crippen molar-refractivity contribution in [2.45, 2.75) is 0 Å². The summed E-state index contributed by atoms with van der Waals surface area (Å²) in [6.45, 7) is 0. The number of hydrogen-bond acceptors (Lipinski definition) is 6. The van der Waals surface area contributed by atoms with E-state index in [1.165, 1.54) is 28.1 Å². The maximum absolute atomic E-state index is 12.3. The van der Waals surface area contributed by atoms with Crippen molar-refractivity contribution in [1.82, 2.24) is 40.8 Å². The number of nitrogens with one attached hydrogen (secondary N) is 2. The van der Waals surface area contributed by atoms with Gasteiger partial charge in [0, 0.05) is 16.8 Å². The molecule has 0 unspecified atom stereocenters. The van der Waals surface area contributed by atoms with Crippen molar-refractivity contribution in [2.75, 3.05) is 0 Å². The van der Waals surface area contributed by atoms with E-state index in [1.807, 2.05) is 0 Å². The zero-order chi connectivity index (χ0) is 21.1. The Morgan fingerprint density at radius 2 is 1.63 bits per heavy atom. The lowest BCUT2D eigenvalue weighted by atomic mass is 10.2. The average Bonchev–Trinajstić information content (AvgIpc) is 3.44. The van der Waals surface area contributed by atoms with Crippen molar-refractivity contribution < 1.29 is 9.59 Å². The highest BCUT2D eigenvalue weighted by atomic mass is 35.5. The molecule has 0 aliphatic carbocycles. The van der Waals surface area contributed by atoms with Gasteiger partial charge in [-0.25, -0.2) is 9.36 Å². The summed E-state index contributed by atoms with van der Waals surface area (Å²) in [5.41, 5.74) is 6.52. The lowest BCUT2D eigenvalue weighted by Crippen LogP contribution is -2.41. The van der Waals surface area contributed by atoms with Crippen LogP contribution >= 0.6 is 23.2 Å². The van der Waals surface area contributed by atoms with Gasteiger partial charge in [0.05, 0.1) is 28.2 Å². The summed E-state index contributed by atoms with van der Waals surface area (Å²) in [6, 6.07) is 11.4. The Morgan fingerprint density at radius 1 is 0.900 bits per heavy atom. The van der Waals surface area contributed by atoms with Gasteiger partial charge in [0.2, 0.25) is 0 Å². The third-order valence-electron chi connectivity index (χ3n) is 4.03. The maximum Gasteiger partial charge on any atom is 0.272 e. The van der Waals surface area contributed by atoms with Crippen LogP contribution < -0.4 is 10.9 Å². The zero-order valence-electron chi connectivity index (χ0n) is 15.0. The molecule has 0 radical (unpaired) electrons. The van der Waals surface area contributed by atoms with Crippen LogP contribution in [0.5, 0.6) is 0 Å². The molecule has 30 heavy (non-hydrogen) atoms. The van der Waals surface area contributed by atoms with E-state index in [2.05, 4.69) is 31.5 Å². The van der Waals surface area contributed by atoms with Gasteiger partial charge in [-0.2, -0.15) is 5.10 Å². The first-order valence-electron chi connectivity index (χ1n) is 8.45. The van der Waals surface area contributed by atoms with Crippen LogP contribution in [-0.4, -0.2) is 41.8 Å². The van der Waals surface area contributed by atoms with Crippen LogP contribution in [0.25, 0.3) is 11.4 Å². The van der Waals surface area contributed by atoms with Gasteiger partial charge in [0.1, 0.15) is 6.33 Å². The Bertz CT molecular complexity index is 1210. The average molecular weight is 443 g/mol. The van der Waals surface area contributed by atoms with Crippen molar-refractivity contribution in [2.24, 2.45) is 0 Å². The predicted octanol–water partition coefficient (Wildman–Crippen LogP) is 2.23. The monoisotopic (exact) mass is 442 g/mol. The van der Waals surface area contributed by atoms with Crippen LogP contribution in [0, 0.1) is 0 Å². The summed E-state index contributed by atoms with van der Waals surface area (Å²) < 4.78 is 2.89. The molecule has 0 atom stereocenters. The van der Waals surface area contributed by atoms with Crippen molar-refractivity contribution >= 4 is 35.0 Å². The number of aromatic nitrogens is 6. The van der Waals surface area contributed by atoms with Gasteiger partial charge in [0.15, 0.2) is 0 Å². The van der Waals surface area contributed by atoms with E-state index in [1.54, 1.807) is 42.5 Å². The third kappa shape index (κ3) is 4.14. The molecule has 0 saturated heterocycles. The molecule has 0 spiro atoms. The lowest BCUT2D eigenvalue weighted by Gasteiger charge is -2.07.